The molecule has 0 amide bonds. The molecule has 0 aliphatic rings. The monoisotopic (exact) mass is 253 g/mol. The van der Waals surface area contributed by atoms with Gasteiger partial charge in [0.1, 0.15) is 0 Å². The molecule has 1 aromatic rings. The van der Waals surface area contributed by atoms with Gasteiger partial charge in [-0.05, 0) is 31.7 Å². The van der Waals surface area contributed by atoms with E-state index in [1.54, 1.807) is 7.11 Å². The highest BCUT2D eigenvalue weighted by Crippen LogP contribution is 2.25. The average Bonchev–Trinajstić information content (AvgIpc) is 2.67. The summed E-state index contributed by atoms with van der Waals surface area (Å²) < 4.78 is 7.18. The second kappa shape index (κ2) is 6.59. The molecule has 0 aliphatic heterocycles. The van der Waals surface area contributed by atoms with Crippen LogP contribution in [0.1, 0.15) is 54.4 Å². The van der Waals surface area contributed by atoms with Gasteiger partial charge in [0.15, 0.2) is 0 Å². The highest BCUT2D eigenvalue weighted by atomic mass is 16.5. The second-order valence-electron chi connectivity index (χ2n) is 4.68. The van der Waals surface area contributed by atoms with Crippen molar-refractivity contribution in [2.24, 2.45) is 0 Å². The van der Waals surface area contributed by atoms with Gasteiger partial charge in [0.2, 0.25) is 0 Å². The summed E-state index contributed by atoms with van der Waals surface area (Å²) in [6.07, 6.45) is 1.90. The summed E-state index contributed by atoms with van der Waals surface area (Å²) in [6.45, 7) is 7.63. The summed E-state index contributed by atoms with van der Waals surface area (Å²) in [7, 11) is 1.68. The van der Waals surface area contributed by atoms with Gasteiger partial charge in [0.05, 0.1) is 5.56 Å². The molecule has 1 rings (SSSR count). The zero-order valence-electron chi connectivity index (χ0n) is 11.7. The van der Waals surface area contributed by atoms with Crippen LogP contribution in [0.4, 0.5) is 0 Å². The molecule has 4 nitrogen and oxygen atoms in total. The standard InChI is InChI=1S/C14H23NO3/c1-5-10(2)13-9-12(14(16)17)11(3)15(13)7-6-8-18-4/h9-10H,5-8H2,1-4H3,(H,16,17). The van der Waals surface area contributed by atoms with E-state index in [0.717, 1.165) is 30.8 Å². The number of ether oxygens (including phenoxy) is 1. The van der Waals surface area contributed by atoms with Crippen LogP contribution in [0, 0.1) is 6.92 Å². The van der Waals surface area contributed by atoms with Crippen molar-refractivity contribution in [3.8, 4) is 0 Å². The Labute approximate surface area is 109 Å². The van der Waals surface area contributed by atoms with E-state index < -0.39 is 5.97 Å². The summed E-state index contributed by atoms with van der Waals surface area (Å²) in [5.41, 5.74) is 2.38. The molecule has 0 saturated carbocycles. The van der Waals surface area contributed by atoms with Crippen molar-refractivity contribution >= 4 is 5.97 Å². The van der Waals surface area contributed by atoms with Gasteiger partial charge in [-0.1, -0.05) is 13.8 Å². The highest BCUT2D eigenvalue weighted by molar-refractivity contribution is 5.89. The molecule has 0 radical (unpaired) electrons. The number of rotatable bonds is 7. The number of carboxylic acids is 1. The van der Waals surface area contributed by atoms with E-state index in [2.05, 4.69) is 18.4 Å². The number of aromatic nitrogens is 1. The summed E-state index contributed by atoms with van der Waals surface area (Å²) in [5, 5.41) is 9.19. The minimum Gasteiger partial charge on any atom is -0.478 e. The molecule has 1 atom stereocenters. The Morgan fingerprint density at radius 3 is 2.72 bits per heavy atom. The third-order valence-electron chi connectivity index (χ3n) is 3.48. The van der Waals surface area contributed by atoms with E-state index in [-0.39, 0.29) is 0 Å². The first-order chi connectivity index (χ1) is 8.52. The zero-order chi connectivity index (χ0) is 13.7. The van der Waals surface area contributed by atoms with Crippen molar-refractivity contribution in [1.29, 1.82) is 0 Å². The Kier molecular flexibility index (Phi) is 5.41. The molecule has 0 aromatic carbocycles. The van der Waals surface area contributed by atoms with Crippen LogP contribution in [0.5, 0.6) is 0 Å². The summed E-state index contributed by atoms with van der Waals surface area (Å²) in [5.74, 6) is -0.470. The number of nitrogens with zero attached hydrogens (tertiary/aromatic N) is 1. The van der Waals surface area contributed by atoms with Gasteiger partial charge in [0, 0.05) is 31.6 Å². The molecular formula is C14H23NO3. The number of methoxy groups -OCH3 is 1. The summed E-state index contributed by atoms with van der Waals surface area (Å²) in [6, 6.07) is 1.82. The minimum atomic E-state index is -0.845. The van der Waals surface area contributed by atoms with E-state index in [1.807, 2.05) is 13.0 Å². The molecule has 1 N–H and O–H groups in total. The van der Waals surface area contributed by atoms with E-state index in [1.165, 1.54) is 0 Å². The Balaban J connectivity index is 3.06. The molecule has 0 fully saturated rings. The van der Waals surface area contributed by atoms with Crippen molar-refractivity contribution in [3.05, 3.63) is 23.0 Å². The van der Waals surface area contributed by atoms with Gasteiger partial charge in [-0.3, -0.25) is 0 Å². The van der Waals surface area contributed by atoms with E-state index in [4.69, 9.17) is 4.74 Å². The van der Waals surface area contributed by atoms with Gasteiger partial charge in [0.25, 0.3) is 0 Å². The molecule has 1 aromatic heterocycles. The Hall–Kier alpha value is -1.29. The second-order valence-corrected chi connectivity index (χ2v) is 4.68. The Morgan fingerprint density at radius 2 is 2.22 bits per heavy atom. The van der Waals surface area contributed by atoms with Crippen LogP contribution in [-0.4, -0.2) is 29.4 Å². The molecule has 0 saturated heterocycles. The normalized spacial score (nSPS) is 12.7. The first-order valence-electron chi connectivity index (χ1n) is 6.45. The quantitative estimate of drug-likeness (QED) is 0.760. The van der Waals surface area contributed by atoms with Gasteiger partial charge < -0.3 is 14.4 Å². The van der Waals surface area contributed by atoms with E-state index in [0.29, 0.717) is 18.1 Å². The lowest BCUT2D eigenvalue weighted by Crippen LogP contribution is -2.09. The van der Waals surface area contributed by atoms with E-state index >= 15 is 0 Å². The SMILES string of the molecule is CCC(C)c1cc(C(=O)O)c(C)n1CCCOC. The number of hydrogen-bond acceptors (Lipinski definition) is 2. The van der Waals surface area contributed by atoms with Crippen LogP contribution < -0.4 is 0 Å². The molecular weight excluding hydrogens is 230 g/mol. The smallest absolute Gasteiger partial charge is 0.337 e. The first-order valence-corrected chi connectivity index (χ1v) is 6.45. The lowest BCUT2D eigenvalue weighted by molar-refractivity contribution is 0.0696. The minimum absolute atomic E-state index is 0.374. The van der Waals surface area contributed by atoms with Gasteiger partial charge in [-0.2, -0.15) is 0 Å². The lowest BCUT2D eigenvalue weighted by atomic mass is 10.0. The number of aromatic carboxylic acids is 1. The Morgan fingerprint density at radius 1 is 1.56 bits per heavy atom. The van der Waals surface area contributed by atoms with Gasteiger partial charge in [-0.15, -0.1) is 0 Å². The predicted octanol–water partition coefficient (Wildman–Crippen LogP) is 3.04. The zero-order valence-corrected chi connectivity index (χ0v) is 11.7. The molecule has 4 heteroatoms. The van der Waals surface area contributed by atoms with Gasteiger partial charge >= 0.3 is 5.97 Å². The molecule has 1 unspecified atom stereocenters. The summed E-state index contributed by atoms with van der Waals surface area (Å²) >= 11 is 0. The maximum Gasteiger partial charge on any atom is 0.337 e. The lowest BCUT2D eigenvalue weighted by Gasteiger charge is -2.15. The van der Waals surface area contributed by atoms with Crippen LogP contribution in [0.15, 0.2) is 6.07 Å². The fourth-order valence-corrected chi connectivity index (χ4v) is 2.17. The predicted molar refractivity (Wildman–Crippen MR) is 71.3 cm³/mol. The molecule has 18 heavy (non-hydrogen) atoms. The van der Waals surface area contributed by atoms with Crippen LogP contribution in [0.2, 0.25) is 0 Å². The maximum absolute atomic E-state index is 11.2. The third-order valence-corrected chi connectivity index (χ3v) is 3.48. The van der Waals surface area contributed by atoms with Crippen LogP contribution >= 0.6 is 0 Å². The first kappa shape index (κ1) is 14.8. The molecule has 102 valence electrons. The fourth-order valence-electron chi connectivity index (χ4n) is 2.17. The number of carboxylic acid groups (broad SMARTS) is 1. The van der Waals surface area contributed by atoms with E-state index in [9.17, 15) is 9.90 Å². The molecule has 0 spiro atoms. The van der Waals surface area contributed by atoms with Crippen molar-refractivity contribution in [1.82, 2.24) is 4.57 Å². The third kappa shape index (κ3) is 3.13. The topological polar surface area (TPSA) is 51.5 Å². The largest absolute Gasteiger partial charge is 0.478 e. The van der Waals surface area contributed by atoms with Gasteiger partial charge in [-0.25, -0.2) is 4.79 Å². The fraction of sp³-hybridized carbons (Fsp3) is 0.643. The van der Waals surface area contributed by atoms with Crippen molar-refractivity contribution < 1.29 is 14.6 Å². The van der Waals surface area contributed by atoms with Crippen molar-refractivity contribution in [3.63, 3.8) is 0 Å². The molecule has 0 bridgehead atoms. The van der Waals surface area contributed by atoms with Crippen molar-refractivity contribution in [2.45, 2.75) is 46.1 Å². The number of carbonyl (C=O) groups is 1. The molecule has 0 aliphatic carbocycles. The summed E-state index contributed by atoms with van der Waals surface area (Å²) in [4.78, 5) is 11.2. The van der Waals surface area contributed by atoms with Crippen LogP contribution in [0.3, 0.4) is 0 Å². The van der Waals surface area contributed by atoms with Crippen LogP contribution in [-0.2, 0) is 11.3 Å². The highest BCUT2D eigenvalue weighted by Gasteiger charge is 2.19. The molecule has 1 heterocycles. The van der Waals surface area contributed by atoms with Crippen LogP contribution in [0.25, 0.3) is 0 Å². The van der Waals surface area contributed by atoms with Crippen molar-refractivity contribution in [2.75, 3.05) is 13.7 Å². The number of hydrogen-bond donors (Lipinski definition) is 1. The Bertz CT molecular complexity index is 409. The maximum atomic E-state index is 11.2. The average molecular weight is 253 g/mol.